The Morgan fingerprint density at radius 3 is 2.06 bits per heavy atom. The fraction of sp³-hybridized carbons (Fsp3) is 1.00. The van der Waals surface area contributed by atoms with E-state index in [9.17, 15) is 0 Å². The first-order valence-electron chi connectivity index (χ1n) is 7.85. The van der Waals surface area contributed by atoms with E-state index >= 15 is 0 Å². The van der Waals surface area contributed by atoms with Crippen molar-refractivity contribution >= 4 is 0 Å². The minimum absolute atomic E-state index is 1.03. The van der Waals surface area contributed by atoms with Crippen molar-refractivity contribution in [3.63, 3.8) is 0 Å². The van der Waals surface area contributed by atoms with Crippen LogP contribution in [0.4, 0.5) is 0 Å². The molecule has 0 aromatic carbocycles. The Morgan fingerprint density at radius 2 is 1.44 bits per heavy atom. The van der Waals surface area contributed by atoms with Crippen molar-refractivity contribution in [2.45, 2.75) is 78.1 Å². The van der Waals surface area contributed by atoms with Gasteiger partial charge in [-0.2, -0.15) is 0 Å². The Bertz CT molecular complexity index is 178. The zero-order valence-corrected chi connectivity index (χ0v) is 11.4. The molecule has 2 rings (SSSR count). The van der Waals surface area contributed by atoms with Gasteiger partial charge in [-0.15, -0.1) is 0 Å². The fourth-order valence-corrected chi connectivity index (χ4v) is 4.51. The molecule has 0 aliphatic heterocycles. The van der Waals surface area contributed by atoms with Crippen LogP contribution in [0.1, 0.15) is 78.1 Å². The molecule has 94 valence electrons. The van der Waals surface area contributed by atoms with Crippen molar-refractivity contribution in [1.82, 2.24) is 0 Å². The number of hydrogen-bond donors (Lipinski definition) is 0. The number of rotatable bonds is 4. The predicted molar refractivity (Wildman–Crippen MR) is 71.5 cm³/mol. The first-order chi connectivity index (χ1) is 7.85. The normalized spacial score (nSPS) is 32.4. The van der Waals surface area contributed by atoms with Crippen LogP contribution in [0, 0.1) is 23.7 Å². The second kappa shape index (κ2) is 6.07. The lowest BCUT2D eigenvalue weighted by molar-refractivity contribution is 0.146. The van der Waals surface area contributed by atoms with Gasteiger partial charge in [-0.25, -0.2) is 0 Å². The molecule has 2 aliphatic carbocycles. The van der Waals surface area contributed by atoms with Gasteiger partial charge in [0.1, 0.15) is 0 Å². The Balaban J connectivity index is 1.87. The first kappa shape index (κ1) is 12.5. The van der Waals surface area contributed by atoms with Crippen LogP contribution in [0.15, 0.2) is 0 Å². The lowest BCUT2D eigenvalue weighted by Gasteiger charge is -2.36. The average molecular weight is 222 g/mol. The molecular weight excluding hydrogens is 192 g/mol. The van der Waals surface area contributed by atoms with Crippen LogP contribution < -0.4 is 0 Å². The molecule has 0 amide bonds. The molecule has 0 N–H and O–H groups in total. The van der Waals surface area contributed by atoms with Crippen molar-refractivity contribution in [2.75, 3.05) is 0 Å². The highest BCUT2D eigenvalue weighted by molar-refractivity contribution is 4.83. The van der Waals surface area contributed by atoms with E-state index in [1.807, 2.05) is 0 Å². The van der Waals surface area contributed by atoms with Crippen LogP contribution in [0.25, 0.3) is 0 Å². The molecule has 0 radical (unpaired) electrons. The second-order valence-electron chi connectivity index (χ2n) is 6.31. The smallest absolute Gasteiger partial charge is 0.0383 e. The molecule has 0 spiro atoms. The van der Waals surface area contributed by atoms with Crippen molar-refractivity contribution in [3.05, 3.63) is 0 Å². The van der Waals surface area contributed by atoms with E-state index < -0.39 is 0 Å². The first-order valence-corrected chi connectivity index (χ1v) is 7.85. The molecular formula is C16H30. The highest BCUT2D eigenvalue weighted by Gasteiger charge is 2.32. The summed E-state index contributed by atoms with van der Waals surface area (Å²) in [5.74, 6) is 4.34. The zero-order valence-electron chi connectivity index (χ0n) is 11.4. The van der Waals surface area contributed by atoms with Gasteiger partial charge in [0.25, 0.3) is 0 Å². The van der Waals surface area contributed by atoms with Crippen LogP contribution >= 0.6 is 0 Å². The molecule has 2 fully saturated rings. The maximum absolute atomic E-state index is 2.40. The molecule has 0 bridgehead atoms. The quantitative estimate of drug-likeness (QED) is 0.596. The van der Waals surface area contributed by atoms with E-state index in [-0.39, 0.29) is 0 Å². The summed E-state index contributed by atoms with van der Waals surface area (Å²) in [5.41, 5.74) is 0. The minimum Gasteiger partial charge on any atom is -0.0651 e. The van der Waals surface area contributed by atoms with Gasteiger partial charge >= 0.3 is 0 Å². The topological polar surface area (TPSA) is 0 Å². The maximum Gasteiger partial charge on any atom is -0.0383 e. The molecule has 0 nitrogen and oxygen atoms in total. The summed E-state index contributed by atoms with van der Waals surface area (Å²) in [6.07, 6.45) is 15.2. The molecule has 16 heavy (non-hydrogen) atoms. The van der Waals surface area contributed by atoms with Crippen LogP contribution in [-0.2, 0) is 0 Å². The summed E-state index contributed by atoms with van der Waals surface area (Å²) >= 11 is 0. The van der Waals surface area contributed by atoms with Gasteiger partial charge in [-0.05, 0) is 30.1 Å². The monoisotopic (exact) mass is 222 g/mol. The van der Waals surface area contributed by atoms with Gasteiger partial charge < -0.3 is 0 Å². The van der Waals surface area contributed by atoms with Crippen LogP contribution in [0.3, 0.4) is 0 Å². The molecule has 2 unspecified atom stereocenters. The number of hydrogen-bond acceptors (Lipinski definition) is 0. The third-order valence-corrected chi connectivity index (χ3v) is 5.54. The molecule has 2 aliphatic rings. The largest absolute Gasteiger partial charge is 0.0651 e. The van der Waals surface area contributed by atoms with Crippen LogP contribution in [0.5, 0.6) is 0 Å². The van der Waals surface area contributed by atoms with E-state index in [1.54, 1.807) is 25.7 Å². The van der Waals surface area contributed by atoms with Gasteiger partial charge in [-0.3, -0.25) is 0 Å². The highest BCUT2D eigenvalue weighted by atomic mass is 14.4. The summed E-state index contributed by atoms with van der Waals surface area (Å²) in [4.78, 5) is 0. The Kier molecular flexibility index (Phi) is 4.73. The van der Waals surface area contributed by atoms with Crippen molar-refractivity contribution in [2.24, 2.45) is 23.7 Å². The summed E-state index contributed by atoms with van der Waals surface area (Å²) in [7, 11) is 0. The Morgan fingerprint density at radius 1 is 0.812 bits per heavy atom. The van der Waals surface area contributed by atoms with Crippen molar-refractivity contribution < 1.29 is 0 Å². The van der Waals surface area contributed by atoms with Gasteiger partial charge in [0.05, 0.1) is 0 Å². The molecule has 2 atom stereocenters. The van der Waals surface area contributed by atoms with Gasteiger partial charge in [0, 0.05) is 0 Å². The average Bonchev–Trinajstić information content (AvgIpc) is 2.85. The van der Waals surface area contributed by atoms with Gasteiger partial charge in [0.2, 0.25) is 0 Å². The molecule has 0 aromatic heterocycles. The molecule has 0 aromatic rings. The SMILES string of the molecule is CCC(CC)C1CCCC(C2CCCC2)C1. The third-order valence-electron chi connectivity index (χ3n) is 5.54. The zero-order chi connectivity index (χ0) is 11.4. The lowest BCUT2D eigenvalue weighted by atomic mass is 9.69. The minimum atomic E-state index is 1.03. The van der Waals surface area contributed by atoms with E-state index in [0.29, 0.717) is 0 Å². The Labute approximate surface area is 102 Å². The maximum atomic E-state index is 2.40. The predicted octanol–water partition coefficient (Wildman–Crippen LogP) is 5.42. The standard InChI is InChI=1S/C16H30/c1-3-13(4-2)15-10-7-11-16(12-15)14-8-5-6-9-14/h13-16H,3-12H2,1-2H3. The summed E-state index contributed by atoms with van der Waals surface area (Å²) in [5, 5.41) is 0. The lowest BCUT2D eigenvalue weighted by Crippen LogP contribution is -2.25. The molecule has 0 heteroatoms. The highest BCUT2D eigenvalue weighted by Crippen LogP contribution is 2.44. The van der Waals surface area contributed by atoms with E-state index in [2.05, 4.69) is 13.8 Å². The van der Waals surface area contributed by atoms with Gasteiger partial charge in [0.15, 0.2) is 0 Å². The fourth-order valence-electron chi connectivity index (χ4n) is 4.51. The molecule has 0 heterocycles. The second-order valence-corrected chi connectivity index (χ2v) is 6.31. The summed E-state index contributed by atoms with van der Waals surface area (Å²) in [6, 6.07) is 0. The third kappa shape index (κ3) is 2.81. The van der Waals surface area contributed by atoms with Crippen molar-refractivity contribution in [1.29, 1.82) is 0 Å². The summed E-state index contributed by atoms with van der Waals surface area (Å²) < 4.78 is 0. The molecule has 0 saturated heterocycles. The Hall–Kier alpha value is 0. The van der Waals surface area contributed by atoms with E-state index in [0.717, 1.165) is 23.7 Å². The van der Waals surface area contributed by atoms with Crippen LogP contribution in [0.2, 0.25) is 0 Å². The van der Waals surface area contributed by atoms with Crippen molar-refractivity contribution in [3.8, 4) is 0 Å². The van der Waals surface area contributed by atoms with E-state index in [1.165, 1.54) is 38.5 Å². The van der Waals surface area contributed by atoms with Gasteiger partial charge in [-0.1, -0.05) is 71.6 Å². The summed E-state index contributed by atoms with van der Waals surface area (Å²) in [6.45, 7) is 4.79. The van der Waals surface area contributed by atoms with Crippen LogP contribution in [-0.4, -0.2) is 0 Å². The van der Waals surface area contributed by atoms with E-state index in [4.69, 9.17) is 0 Å². The molecule has 2 saturated carbocycles.